The van der Waals surface area contributed by atoms with Gasteiger partial charge in [-0.2, -0.15) is 0 Å². The van der Waals surface area contributed by atoms with E-state index >= 15 is 0 Å². The lowest BCUT2D eigenvalue weighted by molar-refractivity contribution is 0.414. The third-order valence-electron chi connectivity index (χ3n) is 13.7. The van der Waals surface area contributed by atoms with Crippen LogP contribution >= 0.6 is 0 Å². The first-order valence-electron chi connectivity index (χ1n) is 25.9. The SMILES string of the molecule is COc1ccc(C(=CN(C=C(c2ccc(OC)cc2)c2ccc(OC)cc2)c2ccc(N(C=C(c3ccc(OC)cc3)c3ccc(OC)cc3)C=C(c3ccc(OC)cc3)c3ccc(OC)cc3)cc2)c2ccc(OC)cc2)cc1. The Hall–Kier alpha value is -10.1. The fourth-order valence-corrected chi connectivity index (χ4v) is 9.15. The first-order chi connectivity index (χ1) is 39.2. The lowest BCUT2D eigenvalue weighted by Gasteiger charge is -2.25. The van der Waals surface area contributed by atoms with Crippen LogP contribution in [0.3, 0.4) is 0 Å². The minimum Gasteiger partial charge on any atom is -0.497 e. The summed E-state index contributed by atoms with van der Waals surface area (Å²) < 4.78 is 45.0. The predicted octanol–water partition coefficient (Wildman–Crippen LogP) is 15.7. The molecule has 0 amide bonds. The van der Waals surface area contributed by atoms with Gasteiger partial charge in [0.1, 0.15) is 46.0 Å². The Labute approximate surface area is 469 Å². The molecule has 80 heavy (non-hydrogen) atoms. The van der Waals surface area contributed by atoms with Crippen molar-refractivity contribution in [2.24, 2.45) is 0 Å². The lowest BCUT2D eigenvalue weighted by Crippen LogP contribution is -2.13. The van der Waals surface area contributed by atoms with E-state index in [1.54, 1.807) is 56.9 Å². The molecule has 0 spiro atoms. The van der Waals surface area contributed by atoms with E-state index in [4.69, 9.17) is 37.9 Å². The Balaban J connectivity index is 1.29. The van der Waals surface area contributed by atoms with Crippen molar-refractivity contribution in [3.63, 3.8) is 0 Å². The van der Waals surface area contributed by atoms with Gasteiger partial charge in [-0.1, -0.05) is 97.1 Å². The number of nitrogens with zero attached hydrogens (tertiary/aromatic N) is 2. The van der Waals surface area contributed by atoms with Gasteiger partial charge in [0.2, 0.25) is 0 Å². The van der Waals surface area contributed by atoms with E-state index in [9.17, 15) is 0 Å². The van der Waals surface area contributed by atoms with E-state index in [1.165, 1.54) is 0 Å². The van der Waals surface area contributed by atoms with E-state index in [1.807, 2.05) is 97.1 Å². The van der Waals surface area contributed by atoms with Gasteiger partial charge >= 0.3 is 0 Å². The molecule has 9 rings (SSSR count). The van der Waals surface area contributed by atoms with Crippen molar-refractivity contribution in [2.45, 2.75) is 0 Å². The average molecular weight is 1060 g/mol. The zero-order valence-electron chi connectivity index (χ0n) is 46.3. The standard InChI is InChI=1S/C70H64N2O8/c1-73-59-29-9-49(10-30-59)67(50-11-31-60(74-2)32-12-50)45-71(46-68(51-13-33-61(75-3)34-14-51)52-15-35-62(76-4)36-16-52)57-25-27-58(28-26-57)72(47-69(53-17-37-63(77-5)38-18-53)54-19-39-64(78-6)40-20-54)48-70(55-21-41-65(79-7)42-22-55)56-23-43-66(80-8)44-24-56/h9-48H,1-8H3. The molecule has 0 unspecified atom stereocenters. The van der Waals surface area contributed by atoms with Gasteiger partial charge < -0.3 is 47.7 Å². The van der Waals surface area contributed by atoms with Gasteiger partial charge in [0.15, 0.2) is 0 Å². The Kier molecular flexibility index (Phi) is 18.0. The molecule has 0 saturated carbocycles. The Morgan fingerprint density at radius 3 is 0.438 bits per heavy atom. The molecular weight excluding hydrogens is 997 g/mol. The molecule has 0 atom stereocenters. The summed E-state index contributed by atoms with van der Waals surface area (Å²) in [6, 6.07) is 73.6. The topological polar surface area (TPSA) is 80.3 Å². The minimum absolute atomic E-state index is 0.758. The molecule has 0 saturated heterocycles. The number of benzene rings is 9. The first kappa shape index (κ1) is 54.7. The van der Waals surface area contributed by atoms with Gasteiger partial charge in [-0.25, -0.2) is 0 Å². The maximum Gasteiger partial charge on any atom is 0.118 e. The van der Waals surface area contributed by atoms with Crippen molar-refractivity contribution in [2.75, 3.05) is 66.7 Å². The van der Waals surface area contributed by atoms with Crippen LogP contribution in [0.4, 0.5) is 11.4 Å². The van der Waals surface area contributed by atoms with Crippen molar-refractivity contribution >= 4 is 33.7 Å². The first-order valence-corrected chi connectivity index (χ1v) is 25.9. The highest BCUT2D eigenvalue weighted by Gasteiger charge is 2.18. The number of ether oxygens (including phenoxy) is 8. The summed E-state index contributed by atoms with van der Waals surface area (Å²) >= 11 is 0. The summed E-state index contributed by atoms with van der Waals surface area (Å²) in [6.07, 6.45) is 8.72. The number of hydrogen-bond acceptors (Lipinski definition) is 10. The number of rotatable bonds is 22. The van der Waals surface area contributed by atoms with Crippen molar-refractivity contribution in [1.29, 1.82) is 0 Å². The number of hydrogen-bond donors (Lipinski definition) is 0. The molecule has 0 N–H and O–H groups in total. The number of methoxy groups -OCH3 is 8. The molecule has 0 aromatic heterocycles. The summed E-state index contributed by atoms with van der Waals surface area (Å²) in [5, 5.41) is 0. The molecule has 0 heterocycles. The van der Waals surface area contributed by atoms with E-state index in [0.29, 0.717) is 0 Å². The summed E-state index contributed by atoms with van der Waals surface area (Å²) in [6.45, 7) is 0. The van der Waals surface area contributed by atoms with Crippen molar-refractivity contribution < 1.29 is 37.9 Å². The van der Waals surface area contributed by atoms with E-state index in [-0.39, 0.29) is 0 Å². The van der Waals surface area contributed by atoms with E-state index in [2.05, 4.69) is 156 Å². The van der Waals surface area contributed by atoms with Gasteiger partial charge in [-0.15, -0.1) is 0 Å². The molecular formula is C70H64N2O8. The van der Waals surface area contributed by atoms with Gasteiger partial charge in [0, 0.05) is 58.5 Å². The zero-order chi connectivity index (χ0) is 55.8. The largest absolute Gasteiger partial charge is 0.497 e. The highest BCUT2D eigenvalue weighted by molar-refractivity contribution is 5.89. The van der Waals surface area contributed by atoms with Crippen LogP contribution in [0.1, 0.15) is 44.5 Å². The van der Waals surface area contributed by atoms with Crippen LogP contribution in [0, 0.1) is 0 Å². The molecule has 0 fully saturated rings. The molecule has 0 bridgehead atoms. The smallest absolute Gasteiger partial charge is 0.118 e. The van der Waals surface area contributed by atoms with Crippen LogP contribution < -0.4 is 47.7 Å². The molecule has 0 aliphatic heterocycles. The second-order valence-corrected chi connectivity index (χ2v) is 18.3. The van der Waals surface area contributed by atoms with E-state index in [0.717, 1.165) is 124 Å². The third kappa shape index (κ3) is 13.2. The van der Waals surface area contributed by atoms with Gasteiger partial charge in [0.25, 0.3) is 0 Å². The van der Waals surface area contributed by atoms with Gasteiger partial charge in [-0.3, -0.25) is 0 Å². The van der Waals surface area contributed by atoms with Crippen molar-refractivity contribution in [3.8, 4) is 46.0 Å². The molecule has 10 heteroatoms. The molecule has 0 aliphatic carbocycles. The lowest BCUT2D eigenvalue weighted by atomic mass is 9.96. The average Bonchev–Trinajstić information content (AvgIpc) is 3.56. The highest BCUT2D eigenvalue weighted by atomic mass is 16.5. The predicted molar refractivity (Wildman–Crippen MR) is 324 cm³/mol. The highest BCUT2D eigenvalue weighted by Crippen LogP contribution is 2.37. The minimum atomic E-state index is 0.758. The van der Waals surface area contributed by atoms with Crippen LogP contribution in [0.15, 0.2) is 243 Å². The van der Waals surface area contributed by atoms with Crippen LogP contribution in [0.25, 0.3) is 22.3 Å². The fraction of sp³-hybridized carbons (Fsp3) is 0.114. The second kappa shape index (κ2) is 26.3. The summed E-state index contributed by atoms with van der Waals surface area (Å²) in [5.41, 5.74) is 13.5. The number of anilines is 2. The monoisotopic (exact) mass is 1060 g/mol. The van der Waals surface area contributed by atoms with Crippen molar-refractivity contribution in [1.82, 2.24) is 0 Å². The second-order valence-electron chi connectivity index (χ2n) is 18.3. The van der Waals surface area contributed by atoms with Crippen molar-refractivity contribution in [3.05, 3.63) is 288 Å². The quantitative estimate of drug-likeness (QED) is 0.0655. The maximum absolute atomic E-state index is 5.63. The molecule has 0 aliphatic rings. The molecule has 10 nitrogen and oxygen atoms in total. The zero-order valence-corrected chi connectivity index (χ0v) is 46.3. The Bertz CT molecular complexity index is 2900. The maximum atomic E-state index is 5.63. The van der Waals surface area contributed by atoms with Crippen LogP contribution in [0.5, 0.6) is 46.0 Å². The summed E-state index contributed by atoms with van der Waals surface area (Å²) in [7, 11) is 13.4. The Morgan fingerprint density at radius 1 is 0.200 bits per heavy atom. The fourth-order valence-electron chi connectivity index (χ4n) is 9.15. The van der Waals surface area contributed by atoms with Gasteiger partial charge in [0.05, 0.1) is 56.9 Å². The molecule has 0 radical (unpaired) electrons. The Morgan fingerprint density at radius 2 is 0.325 bits per heavy atom. The summed E-state index contributed by atoms with van der Waals surface area (Å²) in [4.78, 5) is 4.38. The normalized spacial score (nSPS) is 10.5. The van der Waals surface area contributed by atoms with Crippen LogP contribution in [-0.4, -0.2) is 56.9 Å². The third-order valence-corrected chi connectivity index (χ3v) is 13.7. The summed E-state index contributed by atoms with van der Waals surface area (Å²) in [5.74, 6) is 6.06. The van der Waals surface area contributed by atoms with Crippen LogP contribution in [0.2, 0.25) is 0 Å². The van der Waals surface area contributed by atoms with Gasteiger partial charge in [-0.05, 0) is 166 Å². The van der Waals surface area contributed by atoms with Crippen LogP contribution in [-0.2, 0) is 0 Å². The van der Waals surface area contributed by atoms with E-state index < -0.39 is 0 Å². The molecule has 9 aromatic rings. The molecule has 9 aromatic carbocycles. The molecule has 402 valence electrons.